The smallest absolute Gasteiger partial charge is 0.124 e. The zero-order valence-corrected chi connectivity index (χ0v) is 11.7. The van der Waals surface area contributed by atoms with Gasteiger partial charge < -0.3 is 10.5 Å². The highest BCUT2D eigenvalue weighted by atomic mass is 16.5. The van der Waals surface area contributed by atoms with Crippen LogP contribution in [0.4, 0.5) is 0 Å². The minimum absolute atomic E-state index is 0.0384. The second-order valence-electron chi connectivity index (χ2n) is 5.85. The monoisotopic (exact) mass is 235 g/mol. The van der Waals surface area contributed by atoms with Crippen LogP contribution in [0.25, 0.3) is 0 Å². The standard InChI is InChI=1S/C15H25NO/c1-6-17-14-8-7-11(2)9-12(14)13(16)10-15(3,4)5/h7-9,13H,6,10,16H2,1-5H3. The first-order chi connectivity index (χ1) is 7.83. The molecule has 2 heteroatoms. The molecule has 1 unspecified atom stereocenters. The predicted octanol–water partition coefficient (Wildman–Crippen LogP) is 3.83. The van der Waals surface area contributed by atoms with E-state index in [4.69, 9.17) is 10.5 Å². The van der Waals surface area contributed by atoms with Gasteiger partial charge in [0, 0.05) is 11.6 Å². The summed E-state index contributed by atoms with van der Waals surface area (Å²) in [5.74, 6) is 0.926. The molecule has 1 rings (SSSR count). The van der Waals surface area contributed by atoms with Crippen molar-refractivity contribution in [2.24, 2.45) is 11.1 Å². The van der Waals surface area contributed by atoms with E-state index in [-0.39, 0.29) is 11.5 Å². The van der Waals surface area contributed by atoms with E-state index >= 15 is 0 Å². The molecular formula is C15H25NO. The molecule has 0 spiro atoms. The lowest BCUT2D eigenvalue weighted by molar-refractivity contribution is 0.315. The van der Waals surface area contributed by atoms with E-state index in [0.29, 0.717) is 6.61 Å². The molecule has 2 N–H and O–H groups in total. The summed E-state index contributed by atoms with van der Waals surface area (Å²) in [6.07, 6.45) is 0.955. The van der Waals surface area contributed by atoms with E-state index in [1.807, 2.05) is 13.0 Å². The van der Waals surface area contributed by atoms with Gasteiger partial charge in [-0.1, -0.05) is 38.5 Å². The molecule has 0 aliphatic rings. The van der Waals surface area contributed by atoms with Gasteiger partial charge in [0.05, 0.1) is 6.61 Å². The van der Waals surface area contributed by atoms with Gasteiger partial charge in [0.1, 0.15) is 5.75 Å². The van der Waals surface area contributed by atoms with Crippen LogP contribution in [0.2, 0.25) is 0 Å². The first-order valence-corrected chi connectivity index (χ1v) is 6.32. The van der Waals surface area contributed by atoms with Crippen LogP contribution in [0.5, 0.6) is 5.75 Å². The fourth-order valence-corrected chi connectivity index (χ4v) is 2.01. The van der Waals surface area contributed by atoms with E-state index in [1.165, 1.54) is 5.56 Å². The van der Waals surface area contributed by atoms with E-state index in [9.17, 15) is 0 Å². The zero-order chi connectivity index (χ0) is 13.1. The maximum atomic E-state index is 6.30. The van der Waals surface area contributed by atoms with Crippen LogP contribution >= 0.6 is 0 Å². The molecule has 0 heterocycles. The van der Waals surface area contributed by atoms with Crippen molar-refractivity contribution >= 4 is 0 Å². The zero-order valence-electron chi connectivity index (χ0n) is 11.7. The normalized spacial score (nSPS) is 13.5. The summed E-state index contributed by atoms with van der Waals surface area (Å²) >= 11 is 0. The van der Waals surface area contributed by atoms with Gasteiger partial charge >= 0.3 is 0 Å². The number of nitrogens with two attached hydrogens (primary N) is 1. The van der Waals surface area contributed by atoms with Crippen LogP contribution in [-0.2, 0) is 0 Å². The van der Waals surface area contributed by atoms with Gasteiger partial charge in [0.25, 0.3) is 0 Å². The van der Waals surface area contributed by atoms with Gasteiger partial charge in [-0.15, -0.1) is 0 Å². The van der Waals surface area contributed by atoms with Gasteiger partial charge in [0.2, 0.25) is 0 Å². The number of aryl methyl sites for hydroxylation is 1. The molecule has 1 atom stereocenters. The first-order valence-electron chi connectivity index (χ1n) is 6.32. The second-order valence-corrected chi connectivity index (χ2v) is 5.85. The molecule has 0 radical (unpaired) electrons. The Morgan fingerprint density at radius 2 is 1.94 bits per heavy atom. The number of benzene rings is 1. The fraction of sp³-hybridized carbons (Fsp3) is 0.600. The molecule has 0 aromatic heterocycles. The molecular weight excluding hydrogens is 210 g/mol. The van der Waals surface area contributed by atoms with Gasteiger partial charge in [-0.2, -0.15) is 0 Å². The number of hydrogen-bond donors (Lipinski definition) is 1. The molecule has 96 valence electrons. The van der Waals surface area contributed by atoms with Crippen molar-refractivity contribution in [3.63, 3.8) is 0 Å². The van der Waals surface area contributed by atoms with Crippen molar-refractivity contribution in [2.45, 2.75) is 47.1 Å². The second kappa shape index (κ2) is 5.54. The van der Waals surface area contributed by atoms with Crippen molar-refractivity contribution in [3.05, 3.63) is 29.3 Å². The summed E-state index contributed by atoms with van der Waals surface area (Å²) in [5, 5.41) is 0. The maximum absolute atomic E-state index is 6.30. The summed E-state index contributed by atoms with van der Waals surface area (Å²) in [7, 11) is 0. The van der Waals surface area contributed by atoms with Crippen molar-refractivity contribution in [1.29, 1.82) is 0 Å². The lowest BCUT2D eigenvalue weighted by Crippen LogP contribution is -2.19. The van der Waals surface area contributed by atoms with Gasteiger partial charge in [-0.05, 0) is 31.7 Å². The third-order valence-corrected chi connectivity index (χ3v) is 2.70. The average molecular weight is 235 g/mol. The topological polar surface area (TPSA) is 35.2 Å². The van der Waals surface area contributed by atoms with Crippen molar-refractivity contribution in [1.82, 2.24) is 0 Å². The fourth-order valence-electron chi connectivity index (χ4n) is 2.01. The summed E-state index contributed by atoms with van der Waals surface area (Å²) in [6, 6.07) is 6.27. The summed E-state index contributed by atoms with van der Waals surface area (Å²) in [6.45, 7) is 11.4. The highest BCUT2D eigenvalue weighted by Gasteiger charge is 2.19. The molecule has 0 amide bonds. The van der Waals surface area contributed by atoms with Crippen LogP contribution in [0.15, 0.2) is 18.2 Å². The van der Waals surface area contributed by atoms with Crippen LogP contribution in [0, 0.1) is 12.3 Å². The average Bonchev–Trinajstić information content (AvgIpc) is 2.18. The van der Waals surface area contributed by atoms with Crippen molar-refractivity contribution < 1.29 is 4.74 Å². The molecule has 0 saturated carbocycles. The quantitative estimate of drug-likeness (QED) is 0.860. The third kappa shape index (κ3) is 4.39. The van der Waals surface area contributed by atoms with Crippen LogP contribution in [-0.4, -0.2) is 6.61 Å². The van der Waals surface area contributed by atoms with E-state index in [0.717, 1.165) is 17.7 Å². The summed E-state index contributed by atoms with van der Waals surface area (Å²) in [4.78, 5) is 0. The summed E-state index contributed by atoms with van der Waals surface area (Å²) in [5.41, 5.74) is 8.89. The van der Waals surface area contributed by atoms with Crippen molar-refractivity contribution in [2.75, 3.05) is 6.61 Å². The molecule has 0 saturated heterocycles. The molecule has 0 bridgehead atoms. The van der Waals surface area contributed by atoms with E-state index in [2.05, 4.69) is 39.8 Å². The number of ether oxygens (including phenoxy) is 1. The Morgan fingerprint density at radius 3 is 2.47 bits per heavy atom. The Bertz CT molecular complexity index is 366. The van der Waals surface area contributed by atoms with Crippen molar-refractivity contribution in [3.8, 4) is 5.75 Å². The SMILES string of the molecule is CCOc1ccc(C)cc1C(N)CC(C)(C)C. The highest BCUT2D eigenvalue weighted by molar-refractivity contribution is 5.39. The van der Waals surface area contributed by atoms with E-state index < -0.39 is 0 Å². The molecule has 0 aliphatic heterocycles. The predicted molar refractivity (Wildman–Crippen MR) is 73.3 cm³/mol. The van der Waals surface area contributed by atoms with Gasteiger partial charge in [-0.3, -0.25) is 0 Å². The lowest BCUT2D eigenvalue weighted by atomic mass is 9.85. The Balaban J connectivity index is 2.97. The Labute approximate surface area is 105 Å². The third-order valence-electron chi connectivity index (χ3n) is 2.70. The first kappa shape index (κ1) is 14.0. The molecule has 1 aromatic carbocycles. The number of hydrogen-bond acceptors (Lipinski definition) is 2. The Hall–Kier alpha value is -1.02. The Kier molecular flexibility index (Phi) is 4.58. The molecule has 0 aliphatic carbocycles. The molecule has 0 fully saturated rings. The highest BCUT2D eigenvalue weighted by Crippen LogP contribution is 2.33. The minimum Gasteiger partial charge on any atom is -0.494 e. The van der Waals surface area contributed by atoms with Crippen LogP contribution in [0.3, 0.4) is 0 Å². The van der Waals surface area contributed by atoms with E-state index in [1.54, 1.807) is 0 Å². The minimum atomic E-state index is 0.0384. The van der Waals surface area contributed by atoms with Crippen LogP contribution < -0.4 is 10.5 Å². The lowest BCUT2D eigenvalue weighted by Gasteiger charge is -2.25. The molecule has 2 nitrogen and oxygen atoms in total. The molecule has 1 aromatic rings. The maximum Gasteiger partial charge on any atom is 0.124 e. The number of rotatable bonds is 4. The summed E-state index contributed by atoms with van der Waals surface area (Å²) < 4.78 is 5.65. The Morgan fingerprint density at radius 1 is 1.29 bits per heavy atom. The van der Waals surface area contributed by atoms with Gasteiger partial charge in [-0.25, -0.2) is 0 Å². The molecule has 17 heavy (non-hydrogen) atoms. The van der Waals surface area contributed by atoms with Gasteiger partial charge in [0.15, 0.2) is 0 Å². The largest absolute Gasteiger partial charge is 0.494 e. The van der Waals surface area contributed by atoms with Crippen LogP contribution in [0.1, 0.15) is 51.3 Å².